The maximum absolute atomic E-state index is 5.88. The van der Waals surface area contributed by atoms with E-state index >= 15 is 0 Å². The van der Waals surface area contributed by atoms with Crippen molar-refractivity contribution < 1.29 is 9.47 Å². The Hall–Kier alpha value is -2.99. The molecule has 0 spiro atoms. The fraction of sp³-hybridized carbons (Fsp3) is 0.375. The second-order valence-corrected chi connectivity index (χ2v) is 7.28. The third kappa shape index (κ3) is 6.26. The van der Waals surface area contributed by atoms with E-state index in [4.69, 9.17) is 9.47 Å². The van der Waals surface area contributed by atoms with Gasteiger partial charge in [-0.05, 0) is 36.2 Å². The van der Waals surface area contributed by atoms with E-state index in [2.05, 4.69) is 82.1 Å². The van der Waals surface area contributed by atoms with Crippen molar-refractivity contribution in [2.24, 2.45) is 4.99 Å². The van der Waals surface area contributed by atoms with Crippen molar-refractivity contribution in [1.82, 2.24) is 10.6 Å². The number of hydrogen-bond acceptors (Lipinski definition) is 4. The molecule has 0 bridgehead atoms. The monoisotopic (exact) mass is 408 g/mol. The maximum Gasteiger partial charge on any atom is 0.191 e. The van der Waals surface area contributed by atoms with Gasteiger partial charge in [0.1, 0.15) is 12.4 Å². The molecule has 1 aliphatic heterocycles. The molecule has 1 aliphatic rings. The lowest BCUT2D eigenvalue weighted by atomic mass is 10.1. The topological polar surface area (TPSA) is 58.1 Å². The molecule has 6 nitrogen and oxygen atoms in total. The van der Waals surface area contributed by atoms with Crippen LogP contribution in [0.2, 0.25) is 0 Å². The highest BCUT2D eigenvalue weighted by molar-refractivity contribution is 5.79. The lowest BCUT2D eigenvalue weighted by molar-refractivity contribution is 0.145. The minimum absolute atomic E-state index is 0.531. The molecule has 0 unspecified atom stereocenters. The predicted molar refractivity (Wildman–Crippen MR) is 123 cm³/mol. The van der Waals surface area contributed by atoms with Gasteiger partial charge in [-0.3, -0.25) is 4.99 Å². The number of benzene rings is 2. The van der Waals surface area contributed by atoms with Gasteiger partial charge in [0, 0.05) is 51.6 Å². The number of nitrogens with one attached hydrogen (secondary N) is 2. The van der Waals surface area contributed by atoms with Crippen molar-refractivity contribution in [3.8, 4) is 5.75 Å². The summed E-state index contributed by atoms with van der Waals surface area (Å²) in [5, 5.41) is 6.78. The van der Waals surface area contributed by atoms with Gasteiger partial charge in [-0.15, -0.1) is 0 Å². The summed E-state index contributed by atoms with van der Waals surface area (Å²) in [6.07, 6.45) is 4.41. The molecule has 3 rings (SSSR count). The summed E-state index contributed by atoms with van der Waals surface area (Å²) < 4.78 is 11.0. The zero-order chi connectivity index (χ0) is 21.2. The Bertz CT molecular complexity index is 871. The average molecular weight is 409 g/mol. The van der Waals surface area contributed by atoms with Crippen molar-refractivity contribution in [3.63, 3.8) is 0 Å². The predicted octanol–water partition coefficient (Wildman–Crippen LogP) is 3.26. The van der Waals surface area contributed by atoms with Gasteiger partial charge in [0.05, 0.1) is 6.61 Å². The zero-order valence-corrected chi connectivity index (χ0v) is 18.1. The molecule has 0 fully saturated rings. The van der Waals surface area contributed by atoms with Crippen LogP contribution in [0.25, 0.3) is 0 Å². The third-order valence-corrected chi connectivity index (χ3v) is 4.99. The van der Waals surface area contributed by atoms with E-state index in [0.717, 1.165) is 30.4 Å². The van der Waals surface area contributed by atoms with Crippen LogP contribution in [0.4, 0.5) is 5.69 Å². The molecule has 160 valence electrons. The molecule has 0 aromatic heterocycles. The van der Waals surface area contributed by atoms with Crippen molar-refractivity contribution in [3.05, 3.63) is 71.3 Å². The summed E-state index contributed by atoms with van der Waals surface area (Å²) >= 11 is 0. The van der Waals surface area contributed by atoms with Crippen LogP contribution < -0.4 is 20.3 Å². The largest absolute Gasteiger partial charge is 0.491 e. The maximum atomic E-state index is 5.88. The molecule has 1 heterocycles. The summed E-state index contributed by atoms with van der Waals surface area (Å²) in [5.41, 5.74) is 4.73. The first-order valence-corrected chi connectivity index (χ1v) is 10.3. The Labute approximate surface area is 179 Å². The number of guanidine groups is 1. The molecule has 0 amide bonds. The minimum atomic E-state index is 0.531. The number of hydrogen-bond donors (Lipinski definition) is 2. The molecule has 0 saturated carbocycles. The summed E-state index contributed by atoms with van der Waals surface area (Å²) in [6.45, 7) is 6.45. The van der Waals surface area contributed by atoms with Crippen LogP contribution in [-0.4, -0.2) is 46.4 Å². The average Bonchev–Trinajstić information content (AvgIpc) is 3.30. The Morgan fingerprint density at radius 3 is 2.60 bits per heavy atom. The quantitative estimate of drug-likeness (QED) is 0.289. The second-order valence-electron chi connectivity index (χ2n) is 7.28. The van der Waals surface area contributed by atoms with Gasteiger partial charge in [0.25, 0.3) is 0 Å². The molecule has 2 N–H and O–H groups in total. The molecule has 0 radical (unpaired) electrons. The van der Waals surface area contributed by atoms with Crippen LogP contribution >= 0.6 is 0 Å². The van der Waals surface area contributed by atoms with Gasteiger partial charge in [0.15, 0.2) is 5.96 Å². The normalized spacial score (nSPS) is 13.6. The van der Waals surface area contributed by atoms with Gasteiger partial charge in [-0.2, -0.15) is 0 Å². The number of methoxy groups -OCH3 is 1. The Kier molecular flexibility index (Phi) is 8.15. The van der Waals surface area contributed by atoms with Crippen molar-refractivity contribution in [1.29, 1.82) is 0 Å². The van der Waals surface area contributed by atoms with E-state index < -0.39 is 0 Å². The molecule has 0 atom stereocenters. The number of nitrogens with zero attached hydrogens (tertiary/aromatic N) is 2. The first kappa shape index (κ1) is 21.7. The highest BCUT2D eigenvalue weighted by Gasteiger charge is 2.09. The molecule has 0 aliphatic carbocycles. The summed E-state index contributed by atoms with van der Waals surface area (Å²) in [7, 11) is 3.46. The van der Waals surface area contributed by atoms with E-state index in [-0.39, 0.29) is 0 Å². The van der Waals surface area contributed by atoms with E-state index in [9.17, 15) is 0 Å². The number of aliphatic imine (C=N–C) groups is 1. The molecule has 2 aromatic rings. The molecular weight excluding hydrogens is 376 g/mol. The smallest absolute Gasteiger partial charge is 0.191 e. The van der Waals surface area contributed by atoms with Gasteiger partial charge in [-0.1, -0.05) is 36.4 Å². The van der Waals surface area contributed by atoms with Gasteiger partial charge in [0.2, 0.25) is 0 Å². The van der Waals surface area contributed by atoms with Crippen molar-refractivity contribution >= 4 is 11.6 Å². The van der Waals surface area contributed by atoms with Crippen LogP contribution in [-0.2, 0) is 17.8 Å². The van der Waals surface area contributed by atoms with Gasteiger partial charge < -0.3 is 25.0 Å². The molecule has 30 heavy (non-hydrogen) atoms. The standard InChI is InChI=1S/C24H32N4O2/c1-19-9-10-21(23(15-19)30-14-13-29-3)18-27-24(25-2)26-17-20-7-6-8-22(16-20)28-11-4-5-12-28/h4-10,15-16H,11-14,17-18H2,1-3H3,(H2,25,26,27). The second kappa shape index (κ2) is 11.3. The summed E-state index contributed by atoms with van der Waals surface area (Å²) in [6, 6.07) is 14.9. The summed E-state index contributed by atoms with van der Waals surface area (Å²) in [4.78, 5) is 6.70. The highest BCUT2D eigenvalue weighted by atomic mass is 16.5. The van der Waals surface area contributed by atoms with Crippen LogP contribution in [0, 0.1) is 6.92 Å². The molecule has 2 aromatic carbocycles. The molecule has 6 heteroatoms. The van der Waals surface area contributed by atoms with Crippen molar-refractivity contribution in [2.45, 2.75) is 20.0 Å². The number of ether oxygens (including phenoxy) is 2. The highest BCUT2D eigenvalue weighted by Crippen LogP contribution is 2.21. The third-order valence-electron chi connectivity index (χ3n) is 4.99. The van der Waals surface area contributed by atoms with Gasteiger partial charge >= 0.3 is 0 Å². The zero-order valence-electron chi connectivity index (χ0n) is 18.1. The Morgan fingerprint density at radius 1 is 1.03 bits per heavy atom. The lowest BCUT2D eigenvalue weighted by Gasteiger charge is -2.19. The van der Waals surface area contributed by atoms with Crippen LogP contribution in [0.5, 0.6) is 5.75 Å². The van der Waals surface area contributed by atoms with Crippen LogP contribution in [0.3, 0.4) is 0 Å². The van der Waals surface area contributed by atoms with E-state index in [1.165, 1.54) is 16.8 Å². The van der Waals surface area contributed by atoms with Crippen molar-refractivity contribution in [2.75, 3.05) is 45.4 Å². The first-order valence-electron chi connectivity index (χ1n) is 10.3. The minimum Gasteiger partial charge on any atom is -0.491 e. The first-order chi connectivity index (χ1) is 14.7. The van der Waals surface area contributed by atoms with Gasteiger partial charge in [-0.25, -0.2) is 0 Å². The number of rotatable bonds is 9. The molecular formula is C24H32N4O2. The SMILES string of the molecule is CN=C(NCc1cccc(N2CC=CC2)c1)NCc1ccc(C)cc1OCCOC. The molecule has 0 saturated heterocycles. The van der Waals surface area contributed by atoms with E-state index in [1.807, 2.05) is 0 Å². The number of anilines is 1. The van der Waals surface area contributed by atoms with Crippen LogP contribution in [0.15, 0.2) is 59.6 Å². The lowest BCUT2D eigenvalue weighted by Crippen LogP contribution is -2.36. The Balaban J connectivity index is 1.55. The van der Waals surface area contributed by atoms with Crippen LogP contribution in [0.1, 0.15) is 16.7 Å². The summed E-state index contributed by atoms with van der Waals surface area (Å²) in [5.74, 6) is 1.63. The number of aryl methyl sites for hydroxylation is 1. The fourth-order valence-electron chi connectivity index (χ4n) is 3.31. The Morgan fingerprint density at radius 2 is 1.83 bits per heavy atom. The van der Waals surface area contributed by atoms with E-state index in [0.29, 0.717) is 26.3 Å². The fourth-order valence-corrected chi connectivity index (χ4v) is 3.31. The van der Waals surface area contributed by atoms with E-state index in [1.54, 1.807) is 14.2 Å².